The number of halogens is 2. The van der Waals surface area contributed by atoms with Crippen LogP contribution in [0.15, 0.2) is 18.2 Å². The fourth-order valence-electron chi connectivity index (χ4n) is 2.52. The predicted octanol–water partition coefficient (Wildman–Crippen LogP) is 4.83. The van der Waals surface area contributed by atoms with Crippen LogP contribution in [0, 0.1) is 5.92 Å². The molecule has 1 saturated carbocycles. The van der Waals surface area contributed by atoms with Gasteiger partial charge in [0.05, 0.1) is 10.0 Å². The second kappa shape index (κ2) is 6.08. The van der Waals surface area contributed by atoms with E-state index in [4.69, 9.17) is 23.2 Å². The summed E-state index contributed by atoms with van der Waals surface area (Å²) in [5.41, 5.74) is 1.09. The van der Waals surface area contributed by atoms with Crippen molar-refractivity contribution in [3.05, 3.63) is 33.8 Å². The van der Waals surface area contributed by atoms with Gasteiger partial charge in [-0.1, -0.05) is 48.2 Å². The third kappa shape index (κ3) is 3.37. The molecule has 1 unspecified atom stereocenters. The smallest absolute Gasteiger partial charge is 0.0639 e. The molecule has 1 nitrogen and oxygen atoms in total. The Bertz CT molecular complexity index is 372. The van der Waals surface area contributed by atoms with Crippen LogP contribution in [0.5, 0.6) is 0 Å². The van der Waals surface area contributed by atoms with Crippen molar-refractivity contribution in [1.82, 2.24) is 5.32 Å². The molecule has 1 aliphatic rings. The Morgan fingerprint density at radius 1 is 1.29 bits per heavy atom. The zero-order chi connectivity index (χ0) is 12.3. The number of nitrogens with one attached hydrogen (secondary N) is 1. The average molecular weight is 272 g/mol. The molecule has 0 aliphatic heterocycles. The van der Waals surface area contributed by atoms with Crippen LogP contribution < -0.4 is 5.32 Å². The van der Waals surface area contributed by atoms with Crippen molar-refractivity contribution < 1.29 is 0 Å². The maximum atomic E-state index is 6.21. The van der Waals surface area contributed by atoms with E-state index in [1.54, 1.807) is 0 Å². The van der Waals surface area contributed by atoms with Crippen LogP contribution in [-0.4, -0.2) is 6.54 Å². The second-order valence-corrected chi connectivity index (χ2v) is 5.71. The maximum absolute atomic E-state index is 6.21. The fraction of sp³-hybridized carbons (Fsp3) is 0.571. The Morgan fingerprint density at radius 2 is 2.00 bits per heavy atom. The Morgan fingerprint density at radius 3 is 2.71 bits per heavy atom. The topological polar surface area (TPSA) is 12.0 Å². The van der Waals surface area contributed by atoms with Gasteiger partial charge in [0.1, 0.15) is 0 Å². The van der Waals surface area contributed by atoms with Crippen LogP contribution >= 0.6 is 23.2 Å². The first-order chi connectivity index (χ1) is 8.18. The van der Waals surface area contributed by atoms with Gasteiger partial charge in [0.15, 0.2) is 0 Å². The van der Waals surface area contributed by atoms with Gasteiger partial charge in [0.2, 0.25) is 0 Å². The van der Waals surface area contributed by atoms with Gasteiger partial charge in [-0.2, -0.15) is 0 Å². The zero-order valence-corrected chi connectivity index (χ0v) is 11.7. The Labute approximate surface area is 114 Å². The Balaban J connectivity index is 1.94. The standard InChI is InChI=1S/C14H19Cl2N/c1-10(17-9-11-5-2-3-6-11)12-7-4-8-13(15)14(12)16/h4,7-8,10-11,17H,2-3,5-6,9H2,1H3. The van der Waals surface area contributed by atoms with E-state index in [2.05, 4.69) is 12.2 Å². The summed E-state index contributed by atoms with van der Waals surface area (Å²) in [5, 5.41) is 4.88. The molecule has 0 amide bonds. The first kappa shape index (κ1) is 13.2. The van der Waals surface area contributed by atoms with Crippen molar-refractivity contribution in [3.63, 3.8) is 0 Å². The lowest BCUT2D eigenvalue weighted by Gasteiger charge is -2.18. The van der Waals surface area contributed by atoms with Crippen LogP contribution in [0.3, 0.4) is 0 Å². The van der Waals surface area contributed by atoms with Crippen LogP contribution in [0.25, 0.3) is 0 Å². The van der Waals surface area contributed by atoms with E-state index in [-0.39, 0.29) is 6.04 Å². The van der Waals surface area contributed by atoms with Gasteiger partial charge < -0.3 is 5.32 Å². The van der Waals surface area contributed by atoms with Crippen molar-refractivity contribution >= 4 is 23.2 Å². The molecule has 3 heteroatoms. The van der Waals surface area contributed by atoms with Gasteiger partial charge in [-0.15, -0.1) is 0 Å². The molecule has 1 aromatic carbocycles. The van der Waals surface area contributed by atoms with Crippen LogP contribution in [0.2, 0.25) is 10.0 Å². The summed E-state index contributed by atoms with van der Waals surface area (Å²) >= 11 is 12.2. The van der Waals surface area contributed by atoms with Gasteiger partial charge >= 0.3 is 0 Å². The SMILES string of the molecule is CC(NCC1CCCC1)c1cccc(Cl)c1Cl. The molecule has 0 aromatic heterocycles. The molecule has 1 aromatic rings. The molecule has 0 saturated heterocycles. The maximum Gasteiger partial charge on any atom is 0.0639 e. The summed E-state index contributed by atoms with van der Waals surface area (Å²) in [7, 11) is 0. The Hall–Kier alpha value is -0.240. The van der Waals surface area contributed by atoms with Crippen molar-refractivity contribution in [1.29, 1.82) is 0 Å². The zero-order valence-electron chi connectivity index (χ0n) is 10.2. The molecule has 2 rings (SSSR count). The van der Waals surface area contributed by atoms with E-state index in [1.165, 1.54) is 25.7 Å². The normalized spacial score (nSPS) is 18.5. The lowest BCUT2D eigenvalue weighted by molar-refractivity contribution is 0.452. The van der Waals surface area contributed by atoms with Crippen molar-refractivity contribution in [2.75, 3.05) is 6.54 Å². The van der Waals surface area contributed by atoms with Crippen molar-refractivity contribution in [3.8, 4) is 0 Å². The number of benzene rings is 1. The van der Waals surface area contributed by atoms with Gasteiger partial charge in [0.25, 0.3) is 0 Å². The summed E-state index contributed by atoms with van der Waals surface area (Å²) in [6.07, 6.45) is 5.50. The van der Waals surface area contributed by atoms with Gasteiger partial charge in [-0.3, -0.25) is 0 Å². The molecule has 94 valence electrons. The number of hydrogen-bond donors (Lipinski definition) is 1. The van der Waals surface area contributed by atoms with Gasteiger partial charge in [-0.05, 0) is 43.9 Å². The predicted molar refractivity (Wildman–Crippen MR) is 74.8 cm³/mol. The van der Waals surface area contributed by atoms with Crippen LogP contribution in [-0.2, 0) is 0 Å². The minimum atomic E-state index is 0.266. The van der Waals surface area contributed by atoms with E-state index in [9.17, 15) is 0 Å². The first-order valence-electron chi connectivity index (χ1n) is 6.35. The molecule has 1 atom stereocenters. The largest absolute Gasteiger partial charge is 0.310 e. The molecular formula is C14H19Cl2N. The molecule has 1 fully saturated rings. The molecule has 0 radical (unpaired) electrons. The highest BCUT2D eigenvalue weighted by atomic mass is 35.5. The molecule has 1 N–H and O–H groups in total. The summed E-state index contributed by atoms with van der Waals surface area (Å²) in [6.45, 7) is 3.23. The monoisotopic (exact) mass is 271 g/mol. The highest BCUT2D eigenvalue weighted by Gasteiger charge is 2.17. The molecule has 0 bridgehead atoms. The third-order valence-electron chi connectivity index (χ3n) is 3.64. The molecule has 0 spiro atoms. The van der Waals surface area contributed by atoms with E-state index < -0.39 is 0 Å². The van der Waals surface area contributed by atoms with Crippen molar-refractivity contribution in [2.45, 2.75) is 38.6 Å². The summed E-state index contributed by atoms with van der Waals surface area (Å²) in [5.74, 6) is 0.843. The highest BCUT2D eigenvalue weighted by molar-refractivity contribution is 6.42. The first-order valence-corrected chi connectivity index (χ1v) is 7.11. The Kier molecular flexibility index (Phi) is 4.72. The average Bonchev–Trinajstić information content (AvgIpc) is 2.82. The van der Waals surface area contributed by atoms with Crippen molar-refractivity contribution in [2.24, 2.45) is 5.92 Å². The lowest BCUT2D eigenvalue weighted by atomic mass is 10.1. The van der Waals surface area contributed by atoms with E-state index >= 15 is 0 Å². The lowest BCUT2D eigenvalue weighted by Crippen LogP contribution is -2.24. The summed E-state index contributed by atoms with van der Waals surface area (Å²) in [4.78, 5) is 0. The molecule has 17 heavy (non-hydrogen) atoms. The van der Waals surface area contributed by atoms with E-state index in [0.717, 1.165) is 18.0 Å². The fourth-order valence-corrected chi connectivity index (χ4v) is 2.99. The molecule has 0 heterocycles. The van der Waals surface area contributed by atoms with Crippen LogP contribution in [0.1, 0.15) is 44.2 Å². The minimum absolute atomic E-state index is 0.266. The molecular weight excluding hydrogens is 253 g/mol. The molecule has 1 aliphatic carbocycles. The highest BCUT2D eigenvalue weighted by Crippen LogP contribution is 2.30. The van der Waals surface area contributed by atoms with E-state index in [0.29, 0.717) is 10.0 Å². The summed E-state index contributed by atoms with van der Waals surface area (Å²) < 4.78 is 0. The van der Waals surface area contributed by atoms with Crippen LogP contribution in [0.4, 0.5) is 0 Å². The summed E-state index contributed by atoms with van der Waals surface area (Å²) in [6, 6.07) is 6.09. The third-order valence-corrected chi connectivity index (χ3v) is 4.47. The number of hydrogen-bond acceptors (Lipinski definition) is 1. The number of rotatable bonds is 4. The van der Waals surface area contributed by atoms with Gasteiger partial charge in [-0.25, -0.2) is 0 Å². The second-order valence-electron chi connectivity index (χ2n) is 4.92. The van der Waals surface area contributed by atoms with Gasteiger partial charge in [0, 0.05) is 6.04 Å². The minimum Gasteiger partial charge on any atom is -0.310 e. The quantitative estimate of drug-likeness (QED) is 0.827. The van der Waals surface area contributed by atoms with E-state index in [1.807, 2.05) is 18.2 Å².